The number of nitrogens with one attached hydrogen (secondary N) is 1. The van der Waals surface area contributed by atoms with Crippen LogP contribution in [0.1, 0.15) is 33.8 Å². The van der Waals surface area contributed by atoms with Crippen LogP contribution in [-0.2, 0) is 12.7 Å². The minimum absolute atomic E-state index is 0.125. The second-order valence-corrected chi connectivity index (χ2v) is 6.11. The van der Waals surface area contributed by atoms with Crippen molar-refractivity contribution in [3.8, 4) is 0 Å². The molecule has 0 saturated heterocycles. The van der Waals surface area contributed by atoms with Gasteiger partial charge in [0.25, 0.3) is 0 Å². The Bertz CT molecular complexity index is 574. The molecule has 1 aromatic heterocycles. The van der Waals surface area contributed by atoms with Gasteiger partial charge in [-0.3, -0.25) is 0 Å². The molecule has 5 heteroatoms. The number of alkyl halides is 3. The zero-order chi connectivity index (χ0) is 14.8. The highest BCUT2D eigenvalue weighted by Gasteiger charge is 2.30. The van der Waals surface area contributed by atoms with Gasteiger partial charge < -0.3 is 5.32 Å². The fourth-order valence-electron chi connectivity index (χ4n) is 1.94. The van der Waals surface area contributed by atoms with Crippen molar-refractivity contribution in [2.24, 2.45) is 0 Å². The van der Waals surface area contributed by atoms with Crippen molar-refractivity contribution < 1.29 is 13.2 Å². The average Bonchev–Trinajstić information content (AvgIpc) is 2.81. The Morgan fingerprint density at radius 3 is 2.55 bits per heavy atom. The molecule has 20 heavy (non-hydrogen) atoms. The SMILES string of the molecule is Cc1ccc(CNC(C)c2cccc(C(F)(F)F)c2)s1. The van der Waals surface area contributed by atoms with E-state index >= 15 is 0 Å². The van der Waals surface area contributed by atoms with E-state index in [2.05, 4.69) is 5.32 Å². The summed E-state index contributed by atoms with van der Waals surface area (Å²) in [6.45, 7) is 4.57. The Hall–Kier alpha value is -1.33. The van der Waals surface area contributed by atoms with Crippen LogP contribution in [0.3, 0.4) is 0 Å². The Morgan fingerprint density at radius 2 is 1.95 bits per heavy atom. The number of rotatable bonds is 4. The molecular weight excluding hydrogens is 283 g/mol. The summed E-state index contributed by atoms with van der Waals surface area (Å²) in [6, 6.07) is 9.41. The van der Waals surface area contributed by atoms with Gasteiger partial charge in [-0.05, 0) is 43.7 Å². The number of hydrogen-bond donors (Lipinski definition) is 1. The molecule has 2 rings (SSSR count). The summed E-state index contributed by atoms with van der Waals surface area (Å²) in [5, 5.41) is 3.25. The van der Waals surface area contributed by atoms with Crippen molar-refractivity contribution in [1.82, 2.24) is 5.32 Å². The lowest BCUT2D eigenvalue weighted by atomic mass is 10.0. The van der Waals surface area contributed by atoms with E-state index in [1.807, 2.05) is 26.0 Å². The summed E-state index contributed by atoms with van der Waals surface area (Å²) in [4.78, 5) is 2.41. The van der Waals surface area contributed by atoms with E-state index in [4.69, 9.17) is 0 Å². The smallest absolute Gasteiger partial charge is 0.305 e. The number of thiophene rings is 1. The van der Waals surface area contributed by atoms with Gasteiger partial charge in [-0.1, -0.05) is 12.1 Å². The summed E-state index contributed by atoms with van der Waals surface area (Å²) in [5.41, 5.74) is 0.0451. The monoisotopic (exact) mass is 299 g/mol. The van der Waals surface area contributed by atoms with Gasteiger partial charge in [0.2, 0.25) is 0 Å². The minimum Gasteiger partial charge on any atom is -0.305 e. The molecule has 0 amide bonds. The van der Waals surface area contributed by atoms with Crippen molar-refractivity contribution in [2.45, 2.75) is 32.6 Å². The van der Waals surface area contributed by atoms with E-state index in [0.717, 1.165) is 6.07 Å². The van der Waals surface area contributed by atoms with Gasteiger partial charge in [-0.25, -0.2) is 0 Å². The zero-order valence-corrected chi connectivity index (χ0v) is 12.1. The quantitative estimate of drug-likeness (QED) is 0.844. The Balaban J connectivity index is 2.03. The first-order valence-electron chi connectivity index (χ1n) is 6.32. The molecule has 0 fully saturated rings. The van der Waals surface area contributed by atoms with Crippen LogP contribution < -0.4 is 5.32 Å². The van der Waals surface area contributed by atoms with E-state index in [-0.39, 0.29) is 6.04 Å². The number of aryl methyl sites for hydroxylation is 1. The first-order chi connectivity index (χ1) is 9.36. The van der Waals surface area contributed by atoms with Gasteiger partial charge in [-0.2, -0.15) is 13.2 Å². The summed E-state index contributed by atoms with van der Waals surface area (Å²) in [6.07, 6.45) is -4.29. The van der Waals surface area contributed by atoms with Crippen LogP contribution in [0, 0.1) is 6.92 Å². The topological polar surface area (TPSA) is 12.0 Å². The maximum Gasteiger partial charge on any atom is 0.416 e. The van der Waals surface area contributed by atoms with Gasteiger partial charge in [0.15, 0.2) is 0 Å². The first-order valence-corrected chi connectivity index (χ1v) is 7.14. The van der Waals surface area contributed by atoms with E-state index in [9.17, 15) is 13.2 Å². The summed E-state index contributed by atoms with van der Waals surface area (Å²) in [5.74, 6) is 0. The maximum absolute atomic E-state index is 12.7. The van der Waals surface area contributed by atoms with Gasteiger partial charge in [-0.15, -0.1) is 11.3 Å². The maximum atomic E-state index is 12.7. The lowest BCUT2D eigenvalue weighted by Gasteiger charge is -2.15. The standard InChI is InChI=1S/C15H16F3NS/c1-10-6-7-14(20-10)9-19-11(2)12-4-3-5-13(8-12)15(16,17)18/h3-8,11,19H,9H2,1-2H3. The van der Waals surface area contributed by atoms with Gasteiger partial charge in [0, 0.05) is 22.3 Å². The van der Waals surface area contributed by atoms with Gasteiger partial charge >= 0.3 is 6.18 Å². The third-order valence-electron chi connectivity index (χ3n) is 3.09. The lowest BCUT2D eigenvalue weighted by Crippen LogP contribution is -2.18. The van der Waals surface area contributed by atoms with E-state index in [0.29, 0.717) is 12.1 Å². The fraction of sp³-hybridized carbons (Fsp3) is 0.333. The normalized spacial score (nSPS) is 13.4. The molecular formula is C15H16F3NS. The van der Waals surface area contributed by atoms with Crippen LogP contribution in [-0.4, -0.2) is 0 Å². The van der Waals surface area contributed by atoms with Crippen molar-refractivity contribution in [3.05, 3.63) is 57.3 Å². The fourth-order valence-corrected chi connectivity index (χ4v) is 2.78. The molecule has 0 aliphatic carbocycles. The summed E-state index contributed by atoms with van der Waals surface area (Å²) < 4.78 is 38.0. The second-order valence-electron chi connectivity index (χ2n) is 4.74. The summed E-state index contributed by atoms with van der Waals surface area (Å²) >= 11 is 1.69. The minimum atomic E-state index is -4.29. The molecule has 1 nitrogen and oxygen atoms in total. The third kappa shape index (κ3) is 3.84. The highest BCUT2D eigenvalue weighted by molar-refractivity contribution is 7.11. The van der Waals surface area contributed by atoms with E-state index < -0.39 is 11.7 Å². The van der Waals surface area contributed by atoms with E-state index in [1.54, 1.807) is 17.4 Å². The van der Waals surface area contributed by atoms with E-state index in [1.165, 1.54) is 21.9 Å². The molecule has 0 spiro atoms. The van der Waals surface area contributed by atoms with Gasteiger partial charge in [0.1, 0.15) is 0 Å². The van der Waals surface area contributed by atoms with Crippen molar-refractivity contribution in [1.29, 1.82) is 0 Å². The molecule has 0 saturated carbocycles. The Kier molecular flexibility index (Phi) is 4.50. The average molecular weight is 299 g/mol. The predicted octanol–water partition coefficient (Wildman–Crippen LogP) is 4.93. The molecule has 1 unspecified atom stereocenters. The number of halogens is 3. The second kappa shape index (κ2) is 5.97. The van der Waals surface area contributed by atoms with Crippen molar-refractivity contribution in [2.75, 3.05) is 0 Å². The molecule has 0 radical (unpaired) electrons. The first kappa shape index (κ1) is 15.1. The van der Waals surface area contributed by atoms with Crippen LogP contribution >= 0.6 is 11.3 Å². The van der Waals surface area contributed by atoms with Crippen molar-refractivity contribution >= 4 is 11.3 Å². The number of hydrogen-bond acceptors (Lipinski definition) is 2. The highest BCUT2D eigenvalue weighted by Crippen LogP contribution is 2.30. The van der Waals surface area contributed by atoms with Crippen LogP contribution in [0.2, 0.25) is 0 Å². The third-order valence-corrected chi connectivity index (χ3v) is 4.09. The Labute approximate surface area is 120 Å². The predicted molar refractivity (Wildman–Crippen MR) is 75.8 cm³/mol. The van der Waals surface area contributed by atoms with Crippen molar-refractivity contribution in [3.63, 3.8) is 0 Å². The van der Waals surface area contributed by atoms with Gasteiger partial charge in [0.05, 0.1) is 5.56 Å². The molecule has 1 atom stereocenters. The number of benzene rings is 1. The molecule has 0 bridgehead atoms. The molecule has 0 aliphatic heterocycles. The lowest BCUT2D eigenvalue weighted by molar-refractivity contribution is -0.137. The molecule has 1 aromatic carbocycles. The van der Waals surface area contributed by atoms with Crippen LogP contribution in [0.25, 0.3) is 0 Å². The molecule has 1 N–H and O–H groups in total. The zero-order valence-electron chi connectivity index (χ0n) is 11.3. The molecule has 1 heterocycles. The van der Waals surface area contributed by atoms with Crippen LogP contribution in [0.4, 0.5) is 13.2 Å². The molecule has 108 valence electrons. The molecule has 2 aromatic rings. The highest BCUT2D eigenvalue weighted by atomic mass is 32.1. The molecule has 0 aliphatic rings. The largest absolute Gasteiger partial charge is 0.416 e. The summed E-state index contributed by atoms with van der Waals surface area (Å²) in [7, 11) is 0. The van der Waals surface area contributed by atoms with Crippen LogP contribution in [0.5, 0.6) is 0 Å². The van der Waals surface area contributed by atoms with Crippen LogP contribution in [0.15, 0.2) is 36.4 Å². The Morgan fingerprint density at radius 1 is 1.20 bits per heavy atom.